The Kier molecular flexibility index (Phi) is 13.8. The van der Waals surface area contributed by atoms with E-state index in [2.05, 4.69) is 0 Å². The SMILES string of the molecule is COc1ccc(-c2cc(=O)c3c(O)cc(O[C@@H]4O[C@H](CO[C@@H]5O[C@@H](C)[C@H](OC(C)=O)[C@@H](O)[C@H]5O)[C@@H](O)[C@H](O)[C@H]4O[C@@H]4O[C@H](COC(C)=O)[C@@H](O)[C@H](O)[C@H]4O)cc3o2)cc1. The van der Waals surface area contributed by atoms with Gasteiger partial charge in [-0.25, -0.2) is 0 Å². The van der Waals surface area contributed by atoms with Crippen LogP contribution >= 0.6 is 0 Å². The number of aliphatic hydroxyl groups excluding tert-OH is 7. The second-order valence-corrected chi connectivity index (χ2v) is 14.2. The number of hydrogen-bond acceptors (Lipinski definition) is 21. The first-order valence-electron chi connectivity index (χ1n) is 18.4. The van der Waals surface area contributed by atoms with Crippen LogP contribution < -0.4 is 14.9 Å². The Bertz CT molecular complexity index is 1990. The summed E-state index contributed by atoms with van der Waals surface area (Å²) in [5, 5.41) is 86.7. The Labute approximate surface area is 334 Å². The van der Waals surface area contributed by atoms with Gasteiger partial charge >= 0.3 is 11.9 Å². The van der Waals surface area contributed by atoms with Gasteiger partial charge in [-0.05, 0) is 31.2 Å². The number of esters is 2. The molecule has 1 aromatic heterocycles. The Morgan fingerprint density at radius 3 is 1.98 bits per heavy atom. The number of fused-ring (bicyclic) bond motifs is 1. The summed E-state index contributed by atoms with van der Waals surface area (Å²) < 4.78 is 55.9. The fraction of sp³-hybridized carbons (Fsp3) is 0.553. The highest BCUT2D eigenvalue weighted by Crippen LogP contribution is 2.36. The van der Waals surface area contributed by atoms with Crippen LogP contribution in [-0.4, -0.2) is 165 Å². The molecule has 3 aliphatic rings. The van der Waals surface area contributed by atoms with Crippen molar-refractivity contribution >= 4 is 22.9 Å². The Hall–Kier alpha value is -4.49. The largest absolute Gasteiger partial charge is 0.507 e. The van der Waals surface area contributed by atoms with E-state index in [1.807, 2.05) is 0 Å². The molecule has 21 nitrogen and oxygen atoms in total. The second kappa shape index (κ2) is 18.4. The van der Waals surface area contributed by atoms with Gasteiger partial charge in [0.25, 0.3) is 0 Å². The molecular formula is C38H46O21. The van der Waals surface area contributed by atoms with Crippen molar-refractivity contribution in [3.05, 3.63) is 52.7 Å². The van der Waals surface area contributed by atoms with Crippen molar-refractivity contribution in [2.75, 3.05) is 20.3 Å². The van der Waals surface area contributed by atoms with Crippen LogP contribution in [0.15, 0.2) is 51.7 Å². The third kappa shape index (κ3) is 9.62. The number of aliphatic hydroxyl groups is 7. The maximum Gasteiger partial charge on any atom is 0.303 e. The average molecular weight is 839 g/mol. The maximum absolute atomic E-state index is 13.2. The standard InChI is InChI=1S/C38H46O21/c1-14-34(54-16(3)40)31(47)33(49)36(53-14)52-13-25-28(44)30(46)35(59-37-32(48)29(45)27(43)24(57-37)12-51-15(2)39)38(58-25)55-19-9-20(41)26-21(42)11-22(56-23(26)10-19)17-5-7-18(50-4)8-6-17/h5-11,14,24-25,27-38,41,43-49H,12-13H2,1-4H3/t14-,24+,25+,27+,28+,29-,30-,31-,32+,33+,34-,35+,36+,37-,38+/m0/s1. The summed E-state index contributed by atoms with van der Waals surface area (Å²) in [5.41, 5.74) is -0.266. The first kappa shape index (κ1) is 44.1. The number of ether oxygens (including phenoxy) is 9. The number of aromatic hydroxyl groups is 1. The molecule has 59 heavy (non-hydrogen) atoms. The van der Waals surface area contributed by atoms with Gasteiger partial charge in [0.05, 0.1) is 19.8 Å². The fourth-order valence-electron chi connectivity index (χ4n) is 6.83. The molecule has 0 amide bonds. The Morgan fingerprint density at radius 1 is 0.695 bits per heavy atom. The van der Waals surface area contributed by atoms with Crippen LogP contribution in [0.3, 0.4) is 0 Å². The van der Waals surface area contributed by atoms with Crippen LogP contribution in [0.1, 0.15) is 20.8 Å². The molecule has 8 N–H and O–H groups in total. The van der Waals surface area contributed by atoms with Crippen molar-refractivity contribution < 1.29 is 97.5 Å². The lowest BCUT2D eigenvalue weighted by atomic mass is 9.97. The van der Waals surface area contributed by atoms with Crippen molar-refractivity contribution in [1.29, 1.82) is 0 Å². The van der Waals surface area contributed by atoms with Gasteiger partial charge in [0.2, 0.25) is 6.29 Å². The smallest absolute Gasteiger partial charge is 0.303 e. The van der Waals surface area contributed by atoms with E-state index < -0.39 is 128 Å². The third-order valence-electron chi connectivity index (χ3n) is 9.97. The van der Waals surface area contributed by atoms with Crippen molar-refractivity contribution in [3.63, 3.8) is 0 Å². The van der Waals surface area contributed by atoms with Gasteiger partial charge in [0.15, 0.2) is 30.2 Å². The van der Waals surface area contributed by atoms with E-state index in [9.17, 15) is 55.2 Å². The number of phenolic OH excluding ortho intramolecular Hbond substituents is 1. The Balaban J connectivity index is 1.29. The summed E-state index contributed by atoms with van der Waals surface area (Å²) in [4.78, 5) is 36.1. The van der Waals surface area contributed by atoms with E-state index >= 15 is 0 Å². The van der Waals surface area contributed by atoms with Gasteiger partial charge in [0, 0.05) is 37.6 Å². The van der Waals surface area contributed by atoms with Crippen molar-refractivity contribution in [3.8, 4) is 28.6 Å². The van der Waals surface area contributed by atoms with Crippen LogP contribution in [-0.2, 0) is 42.7 Å². The molecule has 4 heterocycles. The van der Waals surface area contributed by atoms with E-state index in [4.69, 9.17) is 47.0 Å². The second-order valence-electron chi connectivity index (χ2n) is 14.2. The number of benzene rings is 2. The first-order chi connectivity index (χ1) is 28.0. The van der Waals surface area contributed by atoms with Gasteiger partial charge in [-0.15, -0.1) is 0 Å². The molecule has 3 fully saturated rings. The molecule has 0 saturated carbocycles. The van der Waals surface area contributed by atoms with E-state index in [0.29, 0.717) is 11.3 Å². The molecule has 6 rings (SSSR count). The summed E-state index contributed by atoms with van der Waals surface area (Å²) in [5.74, 6) is -1.64. The highest BCUT2D eigenvalue weighted by Gasteiger charge is 2.53. The first-order valence-corrected chi connectivity index (χ1v) is 18.4. The third-order valence-corrected chi connectivity index (χ3v) is 9.97. The molecule has 3 aliphatic heterocycles. The summed E-state index contributed by atoms with van der Waals surface area (Å²) in [6, 6.07) is 10.0. The minimum atomic E-state index is -1.99. The van der Waals surface area contributed by atoms with Crippen LogP contribution in [0.4, 0.5) is 0 Å². The van der Waals surface area contributed by atoms with Crippen LogP contribution in [0.25, 0.3) is 22.3 Å². The summed E-state index contributed by atoms with van der Waals surface area (Å²) in [6.07, 6.45) is -25.2. The minimum absolute atomic E-state index is 0.116. The Morgan fingerprint density at radius 2 is 1.32 bits per heavy atom. The van der Waals surface area contributed by atoms with E-state index in [1.54, 1.807) is 24.3 Å². The van der Waals surface area contributed by atoms with E-state index in [1.165, 1.54) is 26.2 Å². The number of methoxy groups -OCH3 is 1. The highest BCUT2D eigenvalue weighted by atomic mass is 16.8. The number of carbonyl (C=O) groups excluding carboxylic acids is 2. The molecule has 0 radical (unpaired) electrons. The topological polar surface area (TPSA) is 309 Å². The molecule has 0 bridgehead atoms. The number of phenols is 1. The molecule has 0 spiro atoms. The lowest BCUT2D eigenvalue weighted by Gasteiger charge is -2.46. The molecule has 0 aliphatic carbocycles. The predicted octanol–water partition coefficient (Wildman–Crippen LogP) is -1.83. The molecule has 324 valence electrons. The number of carbonyl (C=O) groups is 2. The van der Waals surface area contributed by atoms with Gasteiger partial charge in [-0.3, -0.25) is 14.4 Å². The minimum Gasteiger partial charge on any atom is -0.507 e. The molecule has 3 aromatic rings. The summed E-state index contributed by atoms with van der Waals surface area (Å²) in [6.45, 7) is 2.43. The zero-order valence-corrected chi connectivity index (χ0v) is 32.0. The molecule has 21 heteroatoms. The highest BCUT2D eigenvalue weighted by molar-refractivity contribution is 5.86. The number of hydrogen-bond donors (Lipinski definition) is 8. The lowest BCUT2D eigenvalue weighted by Crippen LogP contribution is -2.65. The quantitative estimate of drug-likeness (QED) is 0.0931. The zero-order valence-electron chi connectivity index (χ0n) is 32.0. The predicted molar refractivity (Wildman–Crippen MR) is 193 cm³/mol. The van der Waals surface area contributed by atoms with Gasteiger partial charge < -0.3 is 87.9 Å². The summed E-state index contributed by atoms with van der Waals surface area (Å²) in [7, 11) is 1.49. The molecule has 3 saturated heterocycles. The average Bonchev–Trinajstić information content (AvgIpc) is 3.19. The zero-order chi connectivity index (χ0) is 42.9. The molecule has 15 atom stereocenters. The monoisotopic (exact) mass is 838 g/mol. The molecular weight excluding hydrogens is 792 g/mol. The van der Waals surface area contributed by atoms with E-state index in [-0.39, 0.29) is 22.5 Å². The fourth-order valence-corrected chi connectivity index (χ4v) is 6.83. The van der Waals surface area contributed by atoms with Crippen LogP contribution in [0.5, 0.6) is 17.2 Å². The number of rotatable bonds is 12. The van der Waals surface area contributed by atoms with Gasteiger partial charge in [-0.1, -0.05) is 0 Å². The maximum atomic E-state index is 13.2. The normalized spacial score (nSPS) is 34.9. The van der Waals surface area contributed by atoms with Crippen LogP contribution in [0, 0.1) is 0 Å². The summed E-state index contributed by atoms with van der Waals surface area (Å²) >= 11 is 0. The molecule has 0 unspecified atom stereocenters. The van der Waals surface area contributed by atoms with E-state index in [0.717, 1.165) is 19.9 Å². The van der Waals surface area contributed by atoms with Crippen molar-refractivity contribution in [2.45, 2.75) is 113 Å². The van der Waals surface area contributed by atoms with Gasteiger partial charge in [-0.2, -0.15) is 0 Å². The van der Waals surface area contributed by atoms with Gasteiger partial charge in [0.1, 0.15) is 95.5 Å². The van der Waals surface area contributed by atoms with Crippen LogP contribution in [0.2, 0.25) is 0 Å². The van der Waals surface area contributed by atoms with Crippen molar-refractivity contribution in [1.82, 2.24) is 0 Å². The lowest BCUT2D eigenvalue weighted by molar-refractivity contribution is -0.362. The van der Waals surface area contributed by atoms with Crippen molar-refractivity contribution in [2.24, 2.45) is 0 Å². The molecule has 2 aromatic carbocycles.